The van der Waals surface area contributed by atoms with E-state index in [1.807, 2.05) is 0 Å². The normalized spacial score (nSPS) is 30.3. The number of benzene rings is 1. The van der Waals surface area contributed by atoms with Crippen molar-refractivity contribution in [2.24, 2.45) is 5.92 Å². The van der Waals surface area contributed by atoms with Crippen LogP contribution in [0.1, 0.15) is 30.7 Å². The van der Waals surface area contributed by atoms with Gasteiger partial charge in [-0.15, -0.1) is 0 Å². The summed E-state index contributed by atoms with van der Waals surface area (Å²) in [6.45, 7) is 0. The number of fused-ring (bicyclic) bond motifs is 2. The summed E-state index contributed by atoms with van der Waals surface area (Å²) < 4.78 is 13.3. The Morgan fingerprint density at radius 3 is 3.00 bits per heavy atom. The van der Waals surface area contributed by atoms with Crippen LogP contribution in [0.25, 0.3) is 0 Å². The molecular weight excluding hydrogens is 221 g/mol. The first-order valence-corrected chi connectivity index (χ1v) is 5.95. The lowest BCUT2D eigenvalue weighted by Gasteiger charge is -2.34. The van der Waals surface area contributed by atoms with Gasteiger partial charge in [-0.2, -0.15) is 0 Å². The maximum atomic E-state index is 13.3. The molecule has 1 fully saturated rings. The van der Waals surface area contributed by atoms with Gasteiger partial charge < -0.3 is 10.4 Å². The standard InChI is InChI=1S/C13H14FNO2/c14-7-4-5-11-9(6-7)12(13(16)17)8-2-1-3-10(8)15-11/h4-6,8,10,12,15H,1-3H2,(H,16,17). The minimum Gasteiger partial charge on any atom is -0.481 e. The number of hydrogen-bond donors (Lipinski definition) is 2. The molecule has 0 saturated heterocycles. The number of rotatable bonds is 1. The van der Waals surface area contributed by atoms with E-state index in [0.717, 1.165) is 24.9 Å². The molecule has 0 radical (unpaired) electrons. The molecule has 0 spiro atoms. The number of carboxylic acids is 1. The van der Waals surface area contributed by atoms with Gasteiger partial charge in [0.2, 0.25) is 0 Å². The lowest BCUT2D eigenvalue weighted by molar-refractivity contribution is -0.140. The third kappa shape index (κ3) is 1.59. The number of nitrogens with one attached hydrogen (secondary N) is 1. The van der Waals surface area contributed by atoms with Crippen LogP contribution in [-0.2, 0) is 4.79 Å². The van der Waals surface area contributed by atoms with E-state index in [0.29, 0.717) is 5.56 Å². The van der Waals surface area contributed by atoms with Crippen LogP contribution in [0.2, 0.25) is 0 Å². The predicted molar refractivity (Wildman–Crippen MR) is 61.5 cm³/mol. The van der Waals surface area contributed by atoms with Gasteiger partial charge in [0.1, 0.15) is 5.82 Å². The molecule has 1 aliphatic carbocycles. The topological polar surface area (TPSA) is 49.3 Å². The minimum absolute atomic E-state index is 0.0989. The Balaban J connectivity index is 2.10. The van der Waals surface area contributed by atoms with Gasteiger partial charge in [-0.1, -0.05) is 6.42 Å². The summed E-state index contributed by atoms with van der Waals surface area (Å²) in [4.78, 5) is 11.4. The summed E-state index contributed by atoms with van der Waals surface area (Å²) in [5.41, 5.74) is 1.38. The molecule has 90 valence electrons. The van der Waals surface area contributed by atoms with Crippen molar-refractivity contribution in [3.05, 3.63) is 29.6 Å². The number of carbonyl (C=O) groups is 1. The van der Waals surface area contributed by atoms with Crippen molar-refractivity contribution in [1.29, 1.82) is 0 Å². The monoisotopic (exact) mass is 235 g/mol. The van der Waals surface area contributed by atoms with Gasteiger partial charge in [0.05, 0.1) is 5.92 Å². The third-order valence-corrected chi connectivity index (χ3v) is 3.95. The molecular formula is C13H14FNO2. The Morgan fingerprint density at radius 1 is 1.41 bits per heavy atom. The summed E-state index contributed by atoms with van der Waals surface area (Å²) in [5, 5.41) is 12.7. The molecule has 1 aliphatic heterocycles. The van der Waals surface area contributed by atoms with E-state index in [1.54, 1.807) is 6.07 Å². The number of anilines is 1. The first kappa shape index (κ1) is 10.6. The largest absolute Gasteiger partial charge is 0.481 e. The molecule has 1 aromatic rings. The lowest BCUT2D eigenvalue weighted by atomic mass is 9.79. The summed E-state index contributed by atoms with van der Waals surface area (Å²) in [7, 11) is 0. The zero-order valence-electron chi connectivity index (χ0n) is 9.32. The van der Waals surface area contributed by atoms with Gasteiger partial charge in [0, 0.05) is 11.7 Å². The smallest absolute Gasteiger partial charge is 0.311 e. The Hall–Kier alpha value is -1.58. The Morgan fingerprint density at radius 2 is 2.24 bits per heavy atom. The highest BCUT2D eigenvalue weighted by atomic mass is 19.1. The fraction of sp³-hybridized carbons (Fsp3) is 0.462. The van der Waals surface area contributed by atoms with E-state index in [2.05, 4.69) is 5.32 Å². The second-order valence-corrected chi connectivity index (χ2v) is 4.89. The summed E-state index contributed by atoms with van der Waals surface area (Å²) >= 11 is 0. The fourth-order valence-corrected chi connectivity index (χ4v) is 3.24. The van der Waals surface area contributed by atoms with Gasteiger partial charge >= 0.3 is 5.97 Å². The first-order valence-electron chi connectivity index (χ1n) is 5.95. The van der Waals surface area contributed by atoms with Crippen molar-refractivity contribution in [2.75, 3.05) is 5.32 Å². The molecule has 1 heterocycles. The second-order valence-electron chi connectivity index (χ2n) is 4.89. The molecule has 3 nitrogen and oxygen atoms in total. The molecule has 1 saturated carbocycles. The summed E-state index contributed by atoms with van der Waals surface area (Å²) in [6.07, 6.45) is 2.96. The van der Waals surface area contributed by atoms with Gasteiger partial charge in [0.25, 0.3) is 0 Å². The minimum atomic E-state index is -0.838. The van der Waals surface area contributed by atoms with Crippen molar-refractivity contribution in [2.45, 2.75) is 31.2 Å². The number of halogens is 1. The van der Waals surface area contributed by atoms with E-state index in [4.69, 9.17) is 0 Å². The Kier molecular flexibility index (Phi) is 2.31. The third-order valence-electron chi connectivity index (χ3n) is 3.95. The van der Waals surface area contributed by atoms with Crippen LogP contribution in [0, 0.1) is 11.7 Å². The fourth-order valence-electron chi connectivity index (χ4n) is 3.24. The van der Waals surface area contributed by atoms with E-state index in [1.165, 1.54) is 12.1 Å². The van der Waals surface area contributed by atoms with Crippen molar-refractivity contribution in [3.63, 3.8) is 0 Å². The van der Waals surface area contributed by atoms with E-state index < -0.39 is 11.9 Å². The van der Waals surface area contributed by atoms with E-state index in [9.17, 15) is 14.3 Å². The zero-order valence-corrected chi connectivity index (χ0v) is 9.32. The molecule has 4 heteroatoms. The molecule has 2 aliphatic rings. The maximum Gasteiger partial charge on any atom is 0.311 e. The van der Waals surface area contributed by atoms with Crippen LogP contribution in [-0.4, -0.2) is 17.1 Å². The molecule has 1 aromatic carbocycles. The van der Waals surface area contributed by atoms with Crippen LogP contribution in [0.5, 0.6) is 0 Å². The highest BCUT2D eigenvalue weighted by Gasteiger charge is 2.43. The van der Waals surface area contributed by atoms with Crippen LogP contribution >= 0.6 is 0 Å². The van der Waals surface area contributed by atoms with Crippen molar-refractivity contribution >= 4 is 11.7 Å². The lowest BCUT2D eigenvalue weighted by Crippen LogP contribution is -2.37. The Bertz CT molecular complexity index is 474. The zero-order chi connectivity index (χ0) is 12.0. The Labute approximate surface area is 98.6 Å². The van der Waals surface area contributed by atoms with Crippen LogP contribution < -0.4 is 5.32 Å². The average molecular weight is 235 g/mol. The van der Waals surface area contributed by atoms with Gasteiger partial charge in [-0.05, 0) is 42.5 Å². The van der Waals surface area contributed by atoms with Crippen molar-refractivity contribution in [3.8, 4) is 0 Å². The molecule has 0 aromatic heterocycles. The summed E-state index contributed by atoms with van der Waals surface area (Å²) in [5.74, 6) is -1.67. The molecule has 0 bridgehead atoms. The maximum absolute atomic E-state index is 13.3. The van der Waals surface area contributed by atoms with Crippen molar-refractivity contribution in [1.82, 2.24) is 0 Å². The van der Waals surface area contributed by atoms with Crippen molar-refractivity contribution < 1.29 is 14.3 Å². The average Bonchev–Trinajstić information content (AvgIpc) is 2.72. The second kappa shape index (κ2) is 3.72. The quantitative estimate of drug-likeness (QED) is 0.786. The van der Waals surface area contributed by atoms with E-state index in [-0.39, 0.29) is 17.8 Å². The highest BCUT2D eigenvalue weighted by molar-refractivity contribution is 5.81. The number of hydrogen-bond acceptors (Lipinski definition) is 2. The van der Waals surface area contributed by atoms with Gasteiger partial charge in [-0.3, -0.25) is 4.79 Å². The van der Waals surface area contributed by atoms with E-state index >= 15 is 0 Å². The van der Waals surface area contributed by atoms with Gasteiger partial charge in [-0.25, -0.2) is 4.39 Å². The first-order chi connectivity index (χ1) is 8.16. The molecule has 17 heavy (non-hydrogen) atoms. The van der Waals surface area contributed by atoms with Crippen LogP contribution in [0.15, 0.2) is 18.2 Å². The predicted octanol–water partition coefficient (Wildman–Crippen LogP) is 2.59. The number of aliphatic carboxylic acids is 1. The molecule has 3 rings (SSSR count). The number of carboxylic acid groups (broad SMARTS) is 1. The summed E-state index contributed by atoms with van der Waals surface area (Å²) in [6, 6.07) is 4.61. The molecule has 3 unspecified atom stereocenters. The van der Waals surface area contributed by atoms with Gasteiger partial charge in [0.15, 0.2) is 0 Å². The SMILES string of the molecule is O=C(O)C1c2cc(F)ccc2NC2CCCC21. The molecule has 2 N–H and O–H groups in total. The highest BCUT2D eigenvalue weighted by Crippen LogP contribution is 2.45. The van der Waals surface area contributed by atoms with Crippen LogP contribution in [0.3, 0.4) is 0 Å². The van der Waals surface area contributed by atoms with Crippen LogP contribution in [0.4, 0.5) is 10.1 Å². The molecule has 0 amide bonds. The molecule has 3 atom stereocenters.